The lowest BCUT2D eigenvalue weighted by Crippen LogP contribution is -2.54. The number of nitrogens with two attached hydrogens (primary N) is 1. The fourth-order valence-electron chi connectivity index (χ4n) is 1.39. The number of carbonyl (C=O) groups excluding carboxylic acids is 2. The molecule has 0 spiro atoms. The topological polar surface area (TPSA) is 134 Å². The first kappa shape index (κ1) is 17.2. The first-order chi connectivity index (χ1) is 8.79. The van der Waals surface area contributed by atoms with Crippen molar-refractivity contribution in [1.29, 1.82) is 0 Å². The molecule has 0 rings (SSSR count). The number of carboxylic acid groups (broad SMARTS) is 1. The predicted octanol–water partition coefficient (Wildman–Crippen LogP) is -1.14. The molecule has 3 amide bonds. The third-order valence-corrected chi connectivity index (χ3v) is 2.42. The molecule has 19 heavy (non-hydrogen) atoms. The summed E-state index contributed by atoms with van der Waals surface area (Å²) in [7, 11) is 0. The van der Waals surface area contributed by atoms with Gasteiger partial charge in [0.1, 0.15) is 12.1 Å². The molecule has 6 N–H and O–H groups in total. The van der Waals surface area contributed by atoms with Crippen molar-refractivity contribution in [1.82, 2.24) is 16.0 Å². The monoisotopic (exact) mass is 274 g/mol. The lowest BCUT2D eigenvalue weighted by Gasteiger charge is -2.22. The van der Waals surface area contributed by atoms with Crippen molar-refractivity contribution in [2.75, 3.05) is 13.1 Å². The van der Waals surface area contributed by atoms with Crippen LogP contribution in [0, 0.1) is 5.92 Å². The van der Waals surface area contributed by atoms with E-state index in [-0.39, 0.29) is 11.8 Å². The number of hydrogen-bond acceptors (Lipinski definition) is 4. The summed E-state index contributed by atoms with van der Waals surface area (Å²) < 4.78 is 0. The minimum atomic E-state index is -1.28. The van der Waals surface area contributed by atoms with Crippen molar-refractivity contribution < 1.29 is 19.5 Å². The number of hydrogen-bond donors (Lipinski definition) is 5. The van der Waals surface area contributed by atoms with Gasteiger partial charge >= 0.3 is 6.09 Å². The normalized spacial score (nSPS) is 13.5. The van der Waals surface area contributed by atoms with Crippen molar-refractivity contribution >= 4 is 17.9 Å². The fourth-order valence-corrected chi connectivity index (χ4v) is 1.39. The third-order valence-electron chi connectivity index (χ3n) is 2.42. The molecule has 2 atom stereocenters. The van der Waals surface area contributed by atoms with Crippen molar-refractivity contribution in [2.45, 2.75) is 32.9 Å². The summed E-state index contributed by atoms with van der Waals surface area (Å²) in [6, 6.07) is -1.65. The van der Waals surface area contributed by atoms with Gasteiger partial charge in [0, 0.05) is 13.1 Å². The molecule has 0 aliphatic carbocycles. The number of carbonyl (C=O) groups is 3. The van der Waals surface area contributed by atoms with Crippen molar-refractivity contribution in [3.05, 3.63) is 0 Å². The minimum absolute atomic E-state index is 0.226. The molecular formula is C11H22N4O4. The molecule has 0 saturated heterocycles. The Morgan fingerprint density at radius 1 is 1.11 bits per heavy atom. The highest BCUT2D eigenvalue weighted by Crippen LogP contribution is 2.02. The average Bonchev–Trinajstić information content (AvgIpc) is 2.31. The van der Waals surface area contributed by atoms with Crippen LogP contribution in [-0.4, -0.2) is 48.2 Å². The predicted molar refractivity (Wildman–Crippen MR) is 69.5 cm³/mol. The van der Waals surface area contributed by atoms with E-state index in [0.717, 1.165) is 0 Å². The van der Waals surface area contributed by atoms with E-state index in [9.17, 15) is 14.4 Å². The maximum absolute atomic E-state index is 11.9. The van der Waals surface area contributed by atoms with Gasteiger partial charge in [0.15, 0.2) is 0 Å². The Hall–Kier alpha value is -1.83. The second-order valence-electron chi connectivity index (χ2n) is 4.48. The maximum atomic E-state index is 11.9. The van der Waals surface area contributed by atoms with E-state index < -0.39 is 24.1 Å². The average molecular weight is 274 g/mol. The Kier molecular flexibility index (Phi) is 7.50. The van der Waals surface area contributed by atoms with E-state index in [1.54, 1.807) is 13.8 Å². The molecular weight excluding hydrogens is 252 g/mol. The second kappa shape index (κ2) is 8.30. The molecule has 0 bridgehead atoms. The van der Waals surface area contributed by atoms with Crippen LogP contribution >= 0.6 is 0 Å². The van der Waals surface area contributed by atoms with Gasteiger partial charge in [-0.05, 0) is 12.8 Å². The zero-order chi connectivity index (χ0) is 15.0. The van der Waals surface area contributed by atoms with E-state index in [4.69, 9.17) is 10.8 Å². The lowest BCUT2D eigenvalue weighted by molar-refractivity contribution is -0.130. The summed E-state index contributed by atoms with van der Waals surface area (Å²) in [5.41, 5.74) is 5.24. The van der Waals surface area contributed by atoms with E-state index >= 15 is 0 Å². The van der Waals surface area contributed by atoms with Gasteiger partial charge in [-0.1, -0.05) is 13.8 Å². The summed E-state index contributed by atoms with van der Waals surface area (Å²) in [5, 5.41) is 15.8. The fraction of sp³-hybridized carbons (Fsp3) is 0.727. The molecule has 8 nitrogen and oxygen atoms in total. The molecule has 0 radical (unpaired) electrons. The van der Waals surface area contributed by atoms with E-state index in [1.165, 1.54) is 6.92 Å². The summed E-state index contributed by atoms with van der Waals surface area (Å²) in [4.78, 5) is 34.0. The van der Waals surface area contributed by atoms with Crippen molar-refractivity contribution in [3.8, 4) is 0 Å². The van der Waals surface area contributed by atoms with E-state index in [2.05, 4.69) is 16.0 Å². The largest absolute Gasteiger partial charge is 0.465 e. The van der Waals surface area contributed by atoms with Crippen LogP contribution in [0.25, 0.3) is 0 Å². The molecule has 0 saturated carbocycles. The van der Waals surface area contributed by atoms with Gasteiger partial charge in [-0.25, -0.2) is 4.79 Å². The van der Waals surface area contributed by atoms with Crippen LogP contribution in [0.4, 0.5) is 4.79 Å². The van der Waals surface area contributed by atoms with Crippen LogP contribution in [0.2, 0.25) is 0 Å². The molecule has 110 valence electrons. The van der Waals surface area contributed by atoms with Gasteiger partial charge in [-0.3, -0.25) is 9.59 Å². The van der Waals surface area contributed by atoms with Crippen LogP contribution < -0.4 is 21.7 Å². The van der Waals surface area contributed by atoms with Gasteiger partial charge in [-0.15, -0.1) is 0 Å². The highest BCUT2D eigenvalue weighted by Gasteiger charge is 2.26. The van der Waals surface area contributed by atoms with Crippen LogP contribution in [0.1, 0.15) is 20.8 Å². The van der Waals surface area contributed by atoms with E-state index in [1.807, 2.05) is 0 Å². The standard InChI is InChI=1S/C11H22N4O4/c1-6(2)8(15-11(18)19)10(17)14-7(3)9(16)13-5-4-12/h6-8,15H,4-5,12H2,1-3H3,(H,13,16)(H,14,17)(H,18,19). The van der Waals surface area contributed by atoms with Crippen molar-refractivity contribution in [3.63, 3.8) is 0 Å². The number of nitrogens with one attached hydrogen (secondary N) is 3. The molecule has 0 aliphatic heterocycles. The molecule has 0 fully saturated rings. The van der Waals surface area contributed by atoms with Crippen molar-refractivity contribution in [2.24, 2.45) is 11.7 Å². The minimum Gasteiger partial charge on any atom is -0.465 e. The highest BCUT2D eigenvalue weighted by molar-refractivity contribution is 5.91. The maximum Gasteiger partial charge on any atom is 0.405 e. The Bertz CT molecular complexity index is 333. The molecule has 2 unspecified atom stereocenters. The SMILES string of the molecule is CC(NC(=O)C(NC(=O)O)C(C)C)C(=O)NCCN. The van der Waals surface area contributed by atoms with Crippen LogP contribution in [0.5, 0.6) is 0 Å². The Morgan fingerprint density at radius 2 is 1.68 bits per heavy atom. The summed E-state index contributed by atoms with van der Waals surface area (Å²) >= 11 is 0. The van der Waals surface area contributed by atoms with Gasteiger partial charge < -0.3 is 26.8 Å². The molecule has 0 aliphatic rings. The molecule has 0 aromatic rings. The van der Waals surface area contributed by atoms with Gasteiger partial charge in [0.05, 0.1) is 0 Å². The Morgan fingerprint density at radius 3 is 2.11 bits per heavy atom. The zero-order valence-corrected chi connectivity index (χ0v) is 11.4. The third kappa shape index (κ3) is 6.61. The first-order valence-corrected chi connectivity index (χ1v) is 6.07. The quantitative estimate of drug-likeness (QED) is 0.400. The second-order valence-corrected chi connectivity index (χ2v) is 4.48. The lowest BCUT2D eigenvalue weighted by atomic mass is 10.0. The number of rotatable bonds is 7. The summed E-state index contributed by atoms with van der Waals surface area (Å²) in [6.45, 7) is 5.56. The van der Waals surface area contributed by atoms with Crippen LogP contribution in [0.3, 0.4) is 0 Å². The van der Waals surface area contributed by atoms with Gasteiger partial charge in [-0.2, -0.15) is 0 Å². The number of amides is 3. The Balaban J connectivity index is 4.46. The zero-order valence-electron chi connectivity index (χ0n) is 11.4. The molecule has 0 heterocycles. The highest BCUT2D eigenvalue weighted by atomic mass is 16.4. The van der Waals surface area contributed by atoms with Gasteiger partial charge in [0.25, 0.3) is 0 Å². The van der Waals surface area contributed by atoms with Crippen LogP contribution in [0.15, 0.2) is 0 Å². The van der Waals surface area contributed by atoms with Gasteiger partial charge in [0.2, 0.25) is 11.8 Å². The van der Waals surface area contributed by atoms with E-state index in [0.29, 0.717) is 13.1 Å². The Labute approximate surface area is 112 Å². The van der Waals surface area contributed by atoms with Crippen LogP contribution in [-0.2, 0) is 9.59 Å². The molecule has 8 heteroatoms. The summed E-state index contributed by atoms with van der Waals surface area (Å²) in [6.07, 6.45) is -1.28. The molecule has 0 aromatic heterocycles. The smallest absolute Gasteiger partial charge is 0.405 e. The first-order valence-electron chi connectivity index (χ1n) is 6.07. The summed E-state index contributed by atoms with van der Waals surface area (Å²) in [5.74, 6) is -1.13. The molecule has 0 aromatic carbocycles.